The first-order chi connectivity index (χ1) is 15.7. The Bertz CT molecular complexity index is 1300. The van der Waals surface area contributed by atoms with Gasteiger partial charge in [0.2, 0.25) is 0 Å². The lowest BCUT2D eigenvalue weighted by Crippen LogP contribution is -2.25. The number of carbonyl (C=O) groups is 1. The van der Waals surface area contributed by atoms with E-state index in [1.807, 2.05) is 31.2 Å². The van der Waals surface area contributed by atoms with Gasteiger partial charge in [-0.15, -0.1) is 13.2 Å². The average molecular weight is 474 g/mol. The molecule has 0 aliphatic heterocycles. The van der Waals surface area contributed by atoms with Crippen LogP contribution >= 0.6 is 11.6 Å². The summed E-state index contributed by atoms with van der Waals surface area (Å²) >= 11 is 6.04. The molecule has 0 unspecified atom stereocenters. The molecule has 0 aliphatic rings. The van der Waals surface area contributed by atoms with Crippen molar-refractivity contribution in [3.05, 3.63) is 88.8 Å². The third-order valence-electron chi connectivity index (χ3n) is 5.01. The number of pyridine rings is 1. The van der Waals surface area contributed by atoms with Crippen molar-refractivity contribution in [3.63, 3.8) is 0 Å². The third kappa shape index (κ3) is 5.28. The second kappa shape index (κ2) is 9.15. The largest absolute Gasteiger partial charge is 0.573 e. The first kappa shape index (κ1) is 22.7. The number of carbonyl (C=O) groups excluding carboxylic acids is 1. The van der Waals surface area contributed by atoms with Crippen molar-refractivity contribution in [3.8, 4) is 16.9 Å². The first-order valence-corrected chi connectivity index (χ1v) is 10.5. The molecular formula is C24H19ClF3N3O2. The van der Waals surface area contributed by atoms with E-state index in [-0.39, 0.29) is 18.2 Å². The van der Waals surface area contributed by atoms with Crippen molar-refractivity contribution in [2.45, 2.75) is 26.3 Å². The van der Waals surface area contributed by atoms with Crippen molar-refractivity contribution in [2.75, 3.05) is 0 Å². The number of aromatic nitrogens is 2. The number of amides is 1. The number of alkyl halides is 3. The second-order valence-electron chi connectivity index (χ2n) is 7.29. The normalized spacial score (nSPS) is 11.5. The Labute approximate surface area is 192 Å². The monoisotopic (exact) mass is 473 g/mol. The number of imidazole rings is 1. The summed E-state index contributed by atoms with van der Waals surface area (Å²) in [6.07, 6.45) is -2.43. The number of rotatable bonds is 6. The van der Waals surface area contributed by atoms with Gasteiger partial charge >= 0.3 is 6.36 Å². The molecule has 0 radical (unpaired) electrons. The zero-order valence-electron chi connectivity index (χ0n) is 17.5. The molecule has 5 nitrogen and oxygen atoms in total. The summed E-state index contributed by atoms with van der Waals surface area (Å²) in [5.41, 5.74) is 4.10. The van der Waals surface area contributed by atoms with Gasteiger partial charge in [0.15, 0.2) is 0 Å². The highest BCUT2D eigenvalue weighted by atomic mass is 35.5. The highest BCUT2D eigenvalue weighted by molar-refractivity contribution is 6.30. The first-order valence-electron chi connectivity index (χ1n) is 10.1. The van der Waals surface area contributed by atoms with E-state index in [0.29, 0.717) is 28.5 Å². The molecule has 0 aliphatic carbocycles. The van der Waals surface area contributed by atoms with Crippen molar-refractivity contribution in [2.24, 2.45) is 0 Å². The molecule has 2 heterocycles. The fraction of sp³-hybridized carbons (Fsp3) is 0.167. The van der Waals surface area contributed by atoms with Gasteiger partial charge < -0.3 is 10.1 Å². The zero-order valence-corrected chi connectivity index (χ0v) is 18.2. The third-order valence-corrected chi connectivity index (χ3v) is 5.25. The van der Waals surface area contributed by atoms with Gasteiger partial charge in [0.25, 0.3) is 5.91 Å². The molecule has 1 N–H and O–H groups in total. The summed E-state index contributed by atoms with van der Waals surface area (Å²) in [5.74, 6) is -0.545. The number of nitrogens with zero attached hydrogens (tertiary/aromatic N) is 2. The predicted octanol–water partition coefficient (Wildman–Crippen LogP) is 6.05. The van der Waals surface area contributed by atoms with E-state index in [4.69, 9.17) is 11.6 Å². The van der Waals surface area contributed by atoms with E-state index in [1.54, 1.807) is 34.9 Å². The topological polar surface area (TPSA) is 55.6 Å². The number of halogens is 4. The predicted molar refractivity (Wildman–Crippen MR) is 119 cm³/mol. The minimum atomic E-state index is -4.73. The second-order valence-corrected chi connectivity index (χ2v) is 7.73. The van der Waals surface area contributed by atoms with Gasteiger partial charge in [-0.25, -0.2) is 4.98 Å². The van der Waals surface area contributed by atoms with Crippen LogP contribution in [-0.2, 0) is 13.0 Å². The van der Waals surface area contributed by atoms with E-state index in [0.717, 1.165) is 16.7 Å². The van der Waals surface area contributed by atoms with Gasteiger partial charge in [0.1, 0.15) is 17.1 Å². The van der Waals surface area contributed by atoms with Crippen molar-refractivity contribution in [1.29, 1.82) is 0 Å². The molecule has 2 aromatic carbocycles. The SMILES string of the molecule is CCc1nc2cc(Cl)ccn2c1C(=O)NCc1cccc(-c2ccc(OC(F)(F)F)cc2)c1. The van der Waals surface area contributed by atoms with Gasteiger partial charge in [0, 0.05) is 23.8 Å². The Hall–Kier alpha value is -3.52. The molecule has 2 aromatic heterocycles. The fourth-order valence-corrected chi connectivity index (χ4v) is 3.69. The Balaban J connectivity index is 1.50. The maximum absolute atomic E-state index is 13.0. The molecule has 1 amide bonds. The summed E-state index contributed by atoms with van der Waals surface area (Å²) < 4.78 is 42.7. The van der Waals surface area contributed by atoms with Crippen LogP contribution in [0.15, 0.2) is 66.9 Å². The van der Waals surface area contributed by atoms with Crippen molar-refractivity contribution in [1.82, 2.24) is 14.7 Å². The van der Waals surface area contributed by atoms with Crippen LogP contribution in [0.3, 0.4) is 0 Å². The van der Waals surface area contributed by atoms with E-state index < -0.39 is 6.36 Å². The highest BCUT2D eigenvalue weighted by Gasteiger charge is 2.31. The van der Waals surface area contributed by atoms with Gasteiger partial charge in [-0.05, 0) is 47.4 Å². The van der Waals surface area contributed by atoms with E-state index in [2.05, 4.69) is 15.0 Å². The Morgan fingerprint density at radius 1 is 1.09 bits per heavy atom. The van der Waals surface area contributed by atoms with Gasteiger partial charge in [0.05, 0.1) is 5.69 Å². The smallest absolute Gasteiger partial charge is 0.406 e. The summed E-state index contributed by atoms with van der Waals surface area (Å²) in [6, 6.07) is 16.4. The van der Waals surface area contributed by atoms with E-state index in [9.17, 15) is 18.0 Å². The number of benzene rings is 2. The standard InChI is InChI=1S/C24H19ClF3N3O2/c1-2-20-22(31-11-10-18(25)13-21(31)30-20)23(32)29-14-15-4-3-5-17(12-15)16-6-8-19(9-7-16)33-24(26,27)28/h3-13H,2,14H2,1H3,(H,29,32). The summed E-state index contributed by atoms with van der Waals surface area (Å²) in [7, 11) is 0. The fourth-order valence-electron chi connectivity index (χ4n) is 3.53. The van der Waals surface area contributed by atoms with Crippen LogP contribution in [0.1, 0.15) is 28.7 Å². The van der Waals surface area contributed by atoms with Gasteiger partial charge in [-0.2, -0.15) is 0 Å². The molecule has 9 heteroatoms. The minimum Gasteiger partial charge on any atom is -0.406 e. The highest BCUT2D eigenvalue weighted by Crippen LogP contribution is 2.27. The Morgan fingerprint density at radius 3 is 2.55 bits per heavy atom. The molecule has 0 fully saturated rings. The lowest BCUT2D eigenvalue weighted by molar-refractivity contribution is -0.274. The summed E-state index contributed by atoms with van der Waals surface area (Å²) in [4.78, 5) is 17.4. The van der Waals surface area contributed by atoms with Crippen LogP contribution in [-0.4, -0.2) is 21.7 Å². The summed E-state index contributed by atoms with van der Waals surface area (Å²) in [6.45, 7) is 2.20. The minimum absolute atomic E-state index is 0.263. The van der Waals surface area contributed by atoms with Gasteiger partial charge in [-0.3, -0.25) is 9.20 Å². The lowest BCUT2D eigenvalue weighted by atomic mass is 10.0. The Morgan fingerprint density at radius 2 is 1.85 bits per heavy atom. The summed E-state index contributed by atoms with van der Waals surface area (Å²) in [5, 5.41) is 3.46. The van der Waals surface area contributed by atoms with Crippen LogP contribution in [0.25, 0.3) is 16.8 Å². The molecule has 0 saturated heterocycles. The number of aryl methyl sites for hydroxylation is 1. The van der Waals surface area contributed by atoms with E-state index in [1.165, 1.54) is 12.1 Å². The average Bonchev–Trinajstić information content (AvgIpc) is 3.15. The van der Waals surface area contributed by atoms with Crippen LogP contribution in [0.2, 0.25) is 5.02 Å². The molecule has 0 spiro atoms. The number of hydrogen-bond acceptors (Lipinski definition) is 3. The van der Waals surface area contributed by atoms with Crippen molar-refractivity contribution >= 4 is 23.2 Å². The number of nitrogens with one attached hydrogen (secondary N) is 1. The molecule has 0 atom stereocenters. The molecule has 33 heavy (non-hydrogen) atoms. The molecule has 0 bridgehead atoms. The maximum Gasteiger partial charge on any atom is 0.573 e. The van der Waals surface area contributed by atoms with Gasteiger partial charge in [-0.1, -0.05) is 48.9 Å². The lowest BCUT2D eigenvalue weighted by Gasteiger charge is -2.10. The Kier molecular flexibility index (Phi) is 6.29. The number of hydrogen-bond donors (Lipinski definition) is 1. The van der Waals surface area contributed by atoms with Crippen LogP contribution < -0.4 is 10.1 Å². The number of ether oxygens (including phenoxy) is 1. The van der Waals surface area contributed by atoms with E-state index >= 15 is 0 Å². The molecule has 4 aromatic rings. The van der Waals surface area contributed by atoms with Crippen LogP contribution in [0.5, 0.6) is 5.75 Å². The van der Waals surface area contributed by atoms with Crippen LogP contribution in [0.4, 0.5) is 13.2 Å². The molecular weight excluding hydrogens is 455 g/mol. The van der Waals surface area contributed by atoms with Crippen molar-refractivity contribution < 1.29 is 22.7 Å². The van der Waals surface area contributed by atoms with Crippen LogP contribution in [0, 0.1) is 0 Å². The number of fused-ring (bicyclic) bond motifs is 1. The quantitative estimate of drug-likeness (QED) is 0.371. The molecule has 0 saturated carbocycles. The molecule has 170 valence electrons. The molecule has 4 rings (SSSR count). The maximum atomic E-state index is 13.0. The zero-order chi connectivity index (χ0) is 23.6.